The van der Waals surface area contributed by atoms with Crippen LogP contribution in [0.1, 0.15) is 5.69 Å². The van der Waals surface area contributed by atoms with Crippen LogP contribution in [0.3, 0.4) is 0 Å². The fraction of sp³-hybridized carbons (Fsp3) is 0.0625. The van der Waals surface area contributed by atoms with Crippen LogP contribution >= 0.6 is 24.0 Å². The Labute approximate surface area is 137 Å². The maximum absolute atomic E-state index is 12.6. The van der Waals surface area contributed by atoms with Gasteiger partial charge >= 0.3 is 0 Å². The van der Waals surface area contributed by atoms with Crippen LogP contribution in [0.2, 0.25) is 0 Å². The topological polar surface area (TPSA) is 42.4 Å². The average molecular weight is 328 g/mol. The van der Waals surface area contributed by atoms with E-state index in [1.54, 1.807) is 31.5 Å². The van der Waals surface area contributed by atoms with E-state index in [-0.39, 0.29) is 5.91 Å². The van der Waals surface area contributed by atoms with Crippen LogP contribution in [-0.4, -0.2) is 22.3 Å². The van der Waals surface area contributed by atoms with Crippen LogP contribution < -0.4 is 9.64 Å². The number of nitrogens with zero attached hydrogens (tertiary/aromatic N) is 2. The lowest BCUT2D eigenvalue weighted by Crippen LogP contribution is -2.27. The molecule has 2 aromatic rings. The molecule has 1 amide bonds. The summed E-state index contributed by atoms with van der Waals surface area (Å²) < 4.78 is 5.64. The van der Waals surface area contributed by atoms with Gasteiger partial charge in [-0.3, -0.25) is 14.7 Å². The first-order chi connectivity index (χ1) is 10.7. The maximum Gasteiger partial charge on any atom is 0.270 e. The SMILES string of the molecule is COc1ccc(N2C(=O)C(=Cc3ccccn3)SC2=S)cc1. The summed E-state index contributed by atoms with van der Waals surface area (Å²) in [6.07, 6.45) is 3.44. The summed E-state index contributed by atoms with van der Waals surface area (Å²) in [5.74, 6) is 0.601. The quantitative estimate of drug-likeness (QED) is 0.637. The minimum atomic E-state index is -0.134. The van der Waals surface area contributed by atoms with E-state index in [1.165, 1.54) is 16.7 Å². The van der Waals surface area contributed by atoms with Gasteiger partial charge in [0.15, 0.2) is 4.32 Å². The molecule has 0 unspecified atom stereocenters. The molecule has 1 aliphatic heterocycles. The molecule has 0 saturated carbocycles. The van der Waals surface area contributed by atoms with Gasteiger partial charge in [0, 0.05) is 6.20 Å². The van der Waals surface area contributed by atoms with Gasteiger partial charge < -0.3 is 4.74 Å². The fourth-order valence-corrected chi connectivity index (χ4v) is 3.30. The lowest BCUT2D eigenvalue weighted by Gasteiger charge is -2.14. The number of methoxy groups -OCH3 is 1. The first-order valence-electron chi connectivity index (χ1n) is 6.52. The second-order valence-electron chi connectivity index (χ2n) is 4.47. The van der Waals surface area contributed by atoms with Crippen molar-refractivity contribution in [3.63, 3.8) is 0 Å². The third-order valence-electron chi connectivity index (χ3n) is 3.09. The van der Waals surface area contributed by atoms with Crippen LogP contribution in [0.25, 0.3) is 6.08 Å². The van der Waals surface area contributed by atoms with E-state index in [1.807, 2.05) is 30.3 Å². The smallest absolute Gasteiger partial charge is 0.270 e. The molecular weight excluding hydrogens is 316 g/mol. The second-order valence-corrected chi connectivity index (χ2v) is 6.15. The van der Waals surface area contributed by atoms with E-state index >= 15 is 0 Å². The van der Waals surface area contributed by atoms with Gasteiger partial charge in [0.05, 0.1) is 23.4 Å². The van der Waals surface area contributed by atoms with Gasteiger partial charge in [-0.2, -0.15) is 0 Å². The Morgan fingerprint density at radius 3 is 2.64 bits per heavy atom. The molecule has 0 radical (unpaired) electrons. The molecule has 110 valence electrons. The highest BCUT2D eigenvalue weighted by atomic mass is 32.2. The normalized spacial score (nSPS) is 16.4. The number of aromatic nitrogens is 1. The van der Waals surface area contributed by atoms with Crippen LogP contribution in [0.5, 0.6) is 5.75 Å². The molecule has 0 bridgehead atoms. The molecule has 6 heteroatoms. The molecule has 0 spiro atoms. The third-order valence-corrected chi connectivity index (χ3v) is 4.39. The Hall–Kier alpha value is -2.18. The van der Waals surface area contributed by atoms with Crippen molar-refractivity contribution in [1.82, 2.24) is 4.98 Å². The standard InChI is InChI=1S/C16H12N2O2S2/c1-20-13-7-5-12(6-8-13)18-15(19)14(22-16(18)21)10-11-4-2-3-9-17-11/h2-10H,1H3. The predicted octanol–water partition coefficient (Wildman–Crippen LogP) is 3.50. The van der Waals surface area contributed by atoms with Gasteiger partial charge in [-0.15, -0.1) is 0 Å². The van der Waals surface area contributed by atoms with Crippen molar-refractivity contribution in [2.24, 2.45) is 0 Å². The lowest BCUT2D eigenvalue weighted by atomic mass is 10.2. The number of carbonyl (C=O) groups excluding carboxylic acids is 1. The van der Waals surface area contributed by atoms with Crippen molar-refractivity contribution in [1.29, 1.82) is 0 Å². The Bertz CT molecular complexity index is 743. The number of hydrogen-bond acceptors (Lipinski definition) is 5. The molecule has 22 heavy (non-hydrogen) atoms. The fourth-order valence-electron chi connectivity index (χ4n) is 2.02. The summed E-state index contributed by atoms with van der Waals surface area (Å²) in [5.41, 5.74) is 1.46. The van der Waals surface area contributed by atoms with Crippen molar-refractivity contribution >= 4 is 46.0 Å². The number of anilines is 1. The van der Waals surface area contributed by atoms with Crippen molar-refractivity contribution < 1.29 is 9.53 Å². The lowest BCUT2D eigenvalue weighted by molar-refractivity contribution is -0.113. The van der Waals surface area contributed by atoms with Gasteiger partial charge in [-0.1, -0.05) is 30.0 Å². The molecule has 1 aromatic heterocycles. The van der Waals surface area contributed by atoms with Gasteiger partial charge in [-0.05, 0) is 42.5 Å². The van der Waals surface area contributed by atoms with E-state index in [0.717, 1.165) is 17.1 Å². The first kappa shape index (κ1) is 14.7. The van der Waals surface area contributed by atoms with Gasteiger partial charge in [0.2, 0.25) is 0 Å². The van der Waals surface area contributed by atoms with E-state index in [0.29, 0.717) is 9.23 Å². The van der Waals surface area contributed by atoms with Crippen LogP contribution in [0.15, 0.2) is 53.6 Å². The zero-order valence-corrected chi connectivity index (χ0v) is 13.4. The predicted molar refractivity (Wildman–Crippen MR) is 92.9 cm³/mol. The molecule has 4 nitrogen and oxygen atoms in total. The van der Waals surface area contributed by atoms with Crippen LogP contribution in [0, 0.1) is 0 Å². The zero-order chi connectivity index (χ0) is 15.5. The van der Waals surface area contributed by atoms with Crippen LogP contribution in [0.4, 0.5) is 5.69 Å². The number of ether oxygens (including phenoxy) is 1. The molecular formula is C16H12N2O2S2. The highest BCUT2D eigenvalue weighted by molar-refractivity contribution is 8.27. The van der Waals surface area contributed by atoms with Crippen molar-refractivity contribution in [2.45, 2.75) is 0 Å². The van der Waals surface area contributed by atoms with Gasteiger partial charge in [-0.25, -0.2) is 0 Å². The molecule has 3 rings (SSSR count). The minimum absolute atomic E-state index is 0.134. The average Bonchev–Trinajstić information content (AvgIpc) is 2.82. The Balaban J connectivity index is 1.89. The molecule has 1 saturated heterocycles. The Morgan fingerprint density at radius 2 is 2.00 bits per heavy atom. The number of rotatable bonds is 3. The third kappa shape index (κ3) is 2.88. The number of thioether (sulfide) groups is 1. The largest absolute Gasteiger partial charge is 0.497 e. The molecule has 0 aliphatic carbocycles. The minimum Gasteiger partial charge on any atom is -0.497 e. The summed E-state index contributed by atoms with van der Waals surface area (Å²) in [6.45, 7) is 0. The summed E-state index contributed by atoms with van der Waals surface area (Å²) in [6, 6.07) is 12.8. The van der Waals surface area contributed by atoms with E-state index in [2.05, 4.69) is 4.98 Å². The number of hydrogen-bond donors (Lipinski definition) is 0. The molecule has 1 aromatic carbocycles. The number of benzene rings is 1. The molecule has 2 heterocycles. The molecule has 1 aliphatic rings. The summed E-state index contributed by atoms with van der Waals surface area (Å²) in [5, 5.41) is 0. The number of carbonyl (C=O) groups is 1. The van der Waals surface area contributed by atoms with Crippen molar-refractivity contribution in [2.75, 3.05) is 12.0 Å². The molecule has 1 fully saturated rings. The van der Waals surface area contributed by atoms with Crippen molar-refractivity contribution in [3.8, 4) is 5.75 Å². The molecule has 0 N–H and O–H groups in total. The second kappa shape index (κ2) is 6.29. The van der Waals surface area contributed by atoms with Crippen molar-refractivity contribution in [3.05, 3.63) is 59.3 Å². The van der Waals surface area contributed by atoms with E-state index in [4.69, 9.17) is 17.0 Å². The van der Waals surface area contributed by atoms with Crippen LogP contribution in [-0.2, 0) is 4.79 Å². The highest BCUT2D eigenvalue weighted by Gasteiger charge is 2.33. The Morgan fingerprint density at radius 1 is 1.23 bits per heavy atom. The molecule has 0 atom stereocenters. The number of amides is 1. The van der Waals surface area contributed by atoms with Gasteiger partial charge in [0.1, 0.15) is 5.75 Å². The van der Waals surface area contributed by atoms with Gasteiger partial charge in [0.25, 0.3) is 5.91 Å². The summed E-state index contributed by atoms with van der Waals surface area (Å²) in [4.78, 5) is 18.9. The Kier molecular flexibility index (Phi) is 4.22. The monoisotopic (exact) mass is 328 g/mol. The number of pyridine rings is 1. The first-order valence-corrected chi connectivity index (χ1v) is 7.74. The highest BCUT2D eigenvalue weighted by Crippen LogP contribution is 2.36. The van der Waals surface area contributed by atoms with E-state index < -0.39 is 0 Å². The van der Waals surface area contributed by atoms with E-state index in [9.17, 15) is 4.79 Å². The summed E-state index contributed by atoms with van der Waals surface area (Å²) in [7, 11) is 1.60. The zero-order valence-electron chi connectivity index (χ0n) is 11.7. The summed E-state index contributed by atoms with van der Waals surface area (Å²) >= 11 is 6.61. The maximum atomic E-state index is 12.6. The number of thiocarbonyl (C=S) groups is 1.